The summed E-state index contributed by atoms with van der Waals surface area (Å²) in [5.41, 5.74) is 1.02. The van der Waals surface area contributed by atoms with E-state index in [1.165, 1.54) is 12.8 Å². The normalized spacial score (nSPS) is 23.6. The van der Waals surface area contributed by atoms with E-state index in [2.05, 4.69) is 34.8 Å². The van der Waals surface area contributed by atoms with Gasteiger partial charge in [-0.25, -0.2) is 0 Å². The van der Waals surface area contributed by atoms with Crippen molar-refractivity contribution in [2.24, 2.45) is 17.8 Å². The van der Waals surface area contributed by atoms with Gasteiger partial charge in [-0.15, -0.1) is 0 Å². The van der Waals surface area contributed by atoms with Crippen LogP contribution in [-0.4, -0.2) is 10.8 Å². The van der Waals surface area contributed by atoms with Gasteiger partial charge in [0.15, 0.2) is 0 Å². The molecule has 0 amide bonds. The van der Waals surface area contributed by atoms with Gasteiger partial charge >= 0.3 is 0 Å². The second-order valence-electron chi connectivity index (χ2n) is 6.01. The highest BCUT2D eigenvalue weighted by Crippen LogP contribution is 2.34. The Labute approximate surface area is 124 Å². The molecule has 0 N–H and O–H groups in total. The van der Waals surface area contributed by atoms with Crippen molar-refractivity contribution in [2.45, 2.75) is 46.0 Å². The van der Waals surface area contributed by atoms with E-state index >= 15 is 0 Å². The molecular weight excluding hydrogens is 302 g/mol. The lowest BCUT2D eigenvalue weighted by Gasteiger charge is -2.30. The molecule has 0 saturated heterocycles. The van der Waals surface area contributed by atoms with Crippen molar-refractivity contribution >= 4 is 21.7 Å². The minimum atomic E-state index is 0.272. The van der Waals surface area contributed by atoms with Gasteiger partial charge in [-0.2, -0.15) is 0 Å². The summed E-state index contributed by atoms with van der Waals surface area (Å²) in [4.78, 5) is 16.4. The van der Waals surface area contributed by atoms with Crippen molar-refractivity contribution in [2.75, 3.05) is 0 Å². The zero-order valence-electron chi connectivity index (χ0n) is 11.7. The Morgan fingerprint density at radius 1 is 1.32 bits per heavy atom. The van der Waals surface area contributed by atoms with Crippen molar-refractivity contribution < 1.29 is 4.79 Å². The largest absolute Gasteiger partial charge is 0.299 e. The number of halogens is 1. The Morgan fingerprint density at radius 3 is 2.58 bits per heavy atom. The number of carbonyl (C=O) groups is 1. The molecule has 0 radical (unpaired) electrons. The quantitative estimate of drug-likeness (QED) is 0.821. The maximum absolute atomic E-state index is 12.3. The summed E-state index contributed by atoms with van der Waals surface area (Å²) in [5.74, 6) is 2.23. The first-order valence-corrected chi connectivity index (χ1v) is 7.97. The molecule has 1 aliphatic rings. The van der Waals surface area contributed by atoms with E-state index in [0.717, 1.165) is 34.7 Å². The Hall–Kier alpha value is -0.700. The van der Waals surface area contributed by atoms with Crippen LogP contribution in [0.2, 0.25) is 0 Å². The van der Waals surface area contributed by atoms with Crippen molar-refractivity contribution in [1.82, 2.24) is 4.98 Å². The molecule has 1 saturated carbocycles. The van der Waals surface area contributed by atoms with Crippen LogP contribution in [0.1, 0.15) is 45.1 Å². The second-order valence-corrected chi connectivity index (χ2v) is 6.93. The van der Waals surface area contributed by atoms with E-state index in [4.69, 9.17) is 0 Å². The molecule has 0 bridgehead atoms. The molecule has 2 nitrogen and oxygen atoms in total. The van der Waals surface area contributed by atoms with Crippen LogP contribution in [0, 0.1) is 17.8 Å². The lowest BCUT2D eigenvalue weighted by atomic mass is 9.75. The van der Waals surface area contributed by atoms with Crippen LogP contribution >= 0.6 is 15.9 Å². The maximum Gasteiger partial charge on any atom is 0.140 e. The molecule has 19 heavy (non-hydrogen) atoms. The first-order valence-electron chi connectivity index (χ1n) is 7.18. The SMILES string of the molecule is CC(C)C1CCC(C(=O)Cc2cncc(Br)c2)CC1. The van der Waals surface area contributed by atoms with Crippen molar-refractivity contribution in [3.63, 3.8) is 0 Å². The summed E-state index contributed by atoms with van der Waals surface area (Å²) >= 11 is 3.40. The molecule has 0 aliphatic heterocycles. The highest BCUT2D eigenvalue weighted by Gasteiger charge is 2.27. The zero-order valence-corrected chi connectivity index (χ0v) is 13.3. The van der Waals surface area contributed by atoms with Gasteiger partial charge in [0.05, 0.1) is 0 Å². The van der Waals surface area contributed by atoms with Crippen LogP contribution < -0.4 is 0 Å². The first-order chi connectivity index (χ1) is 9.06. The molecule has 1 aromatic rings. The predicted molar refractivity (Wildman–Crippen MR) is 80.9 cm³/mol. The molecular formula is C16H22BrNO. The number of Topliss-reactive ketones (excluding diaryl/α,β-unsaturated/α-hetero) is 1. The summed E-state index contributed by atoms with van der Waals surface area (Å²) in [6, 6.07) is 1.99. The maximum atomic E-state index is 12.3. The van der Waals surface area contributed by atoms with Gasteiger partial charge in [-0.05, 0) is 65.1 Å². The first kappa shape index (κ1) is 14.7. The van der Waals surface area contributed by atoms with Crippen molar-refractivity contribution in [3.05, 3.63) is 28.5 Å². The third-order valence-corrected chi connectivity index (χ3v) is 4.74. The van der Waals surface area contributed by atoms with Crippen LogP contribution in [0.25, 0.3) is 0 Å². The molecule has 0 aromatic carbocycles. The third kappa shape index (κ3) is 4.13. The number of aromatic nitrogens is 1. The van der Waals surface area contributed by atoms with E-state index < -0.39 is 0 Å². The molecule has 0 spiro atoms. The second kappa shape index (κ2) is 6.65. The number of hydrogen-bond acceptors (Lipinski definition) is 2. The zero-order chi connectivity index (χ0) is 13.8. The number of ketones is 1. The summed E-state index contributed by atoms with van der Waals surface area (Å²) in [5, 5.41) is 0. The van der Waals surface area contributed by atoms with Crippen molar-refractivity contribution in [3.8, 4) is 0 Å². The Kier molecular flexibility index (Phi) is 5.14. The highest BCUT2D eigenvalue weighted by molar-refractivity contribution is 9.10. The van der Waals surface area contributed by atoms with Gasteiger partial charge in [0.2, 0.25) is 0 Å². The summed E-state index contributed by atoms with van der Waals surface area (Å²) < 4.78 is 0.946. The lowest BCUT2D eigenvalue weighted by Crippen LogP contribution is -2.25. The standard InChI is InChI=1S/C16H22BrNO/c1-11(2)13-3-5-14(6-4-13)16(19)8-12-7-15(17)10-18-9-12/h7,9-11,13-14H,3-6,8H2,1-2H3. The van der Waals surface area contributed by atoms with Crippen LogP contribution in [0.15, 0.2) is 22.9 Å². The number of carbonyl (C=O) groups excluding carboxylic acids is 1. The lowest BCUT2D eigenvalue weighted by molar-refractivity contribution is -0.123. The molecule has 1 heterocycles. The van der Waals surface area contributed by atoms with Gasteiger partial charge in [0, 0.05) is 29.2 Å². The summed E-state index contributed by atoms with van der Waals surface area (Å²) in [6.45, 7) is 4.58. The fourth-order valence-corrected chi connectivity index (χ4v) is 3.42. The molecule has 104 valence electrons. The Morgan fingerprint density at radius 2 is 2.00 bits per heavy atom. The van der Waals surface area contributed by atoms with E-state index in [1.807, 2.05) is 6.07 Å². The summed E-state index contributed by atoms with van der Waals surface area (Å²) in [7, 11) is 0. The monoisotopic (exact) mass is 323 g/mol. The Balaban J connectivity index is 1.88. The predicted octanol–water partition coefficient (Wildman–Crippen LogP) is 4.42. The minimum absolute atomic E-state index is 0.272. The molecule has 0 unspecified atom stereocenters. The van der Waals surface area contributed by atoms with Gasteiger partial charge in [-0.3, -0.25) is 9.78 Å². The molecule has 1 fully saturated rings. The van der Waals surface area contributed by atoms with Gasteiger partial charge in [0.1, 0.15) is 5.78 Å². The van der Waals surface area contributed by atoms with Crippen LogP contribution in [0.4, 0.5) is 0 Å². The number of nitrogens with zero attached hydrogens (tertiary/aromatic N) is 1. The number of rotatable bonds is 4. The van der Waals surface area contributed by atoms with Crippen LogP contribution in [0.5, 0.6) is 0 Å². The molecule has 1 aromatic heterocycles. The number of pyridine rings is 1. The highest BCUT2D eigenvalue weighted by atomic mass is 79.9. The molecule has 2 rings (SSSR count). The molecule has 0 atom stereocenters. The van der Waals surface area contributed by atoms with E-state index in [1.54, 1.807) is 12.4 Å². The average molecular weight is 324 g/mol. The fraction of sp³-hybridized carbons (Fsp3) is 0.625. The fourth-order valence-electron chi connectivity index (χ4n) is 3.01. The van der Waals surface area contributed by atoms with Crippen LogP contribution in [-0.2, 0) is 11.2 Å². The van der Waals surface area contributed by atoms with Crippen LogP contribution in [0.3, 0.4) is 0 Å². The smallest absolute Gasteiger partial charge is 0.140 e. The van der Waals surface area contributed by atoms with E-state index in [9.17, 15) is 4.79 Å². The topological polar surface area (TPSA) is 30.0 Å². The number of hydrogen-bond donors (Lipinski definition) is 0. The summed E-state index contributed by atoms with van der Waals surface area (Å²) in [6.07, 6.45) is 8.65. The Bertz CT molecular complexity index is 436. The van der Waals surface area contributed by atoms with Crippen molar-refractivity contribution in [1.29, 1.82) is 0 Å². The van der Waals surface area contributed by atoms with E-state index in [0.29, 0.717) is 12.2 Å². The van der Waals surface area contributed by atoms with Gasteiger partial charge in [0.25, 0.3) is 0 Å². The minimum Gasteiger partial charge on any atom is -0.299 e. The third-order valence-electron chi connectivity index (χ3n) is 4.31. The van der Waals surface area contributed by atoms with E-state index in [-0.39, 0.29) is 5.92 Å². The van der Waals surface area contributed by atoms with Gasteiger partial charge < -0.3 is 0 Å². The average Bonchev–Trinajstić information content (AvgIpc) is 2.39. The molecule has 3 heteroatoms. The van der Waals surface area contributed by atoms with Gasteiger partial charge in [-0.1, -0.05) is 13.8 Å². The molecule has 1 aliphatic carbocycles.